The fourth-order valence-electron chi connectivity index (χ4n) is 1.03. The van der Waals surface area contributed by atoms with Crippen molar-refractivity contribution < 1.29 is 9.53 Å². The van der Waals surface area contributed by atoms with Gasteiger partial charge in [-0.15, -0.1) is 10.2 Å². The molecule has 0 radical (unpaired) electrons. The number of nitrogens with zero attached hydrogens (tertiary/aromatic N) is 2. The highest BCUT2D eigenvalue weighted by Gasteiger charge is 2.06. The molecule has 0 amide bonds. The van der Waals surface area contributed by atoms with Crippen molar-refractivity contribution in [3.63, 3.8) is 0 Å². The van der Waals surface area contributed by atoms with Gasteiger partial charge < -0.3 is 10.1 Å². The molecule has 0 aliphatic carbocycles. The lowest BCUT2D eigenvalue weighted by Crippen LogP contribution is -2.08. The van der Waals surface area contributed by atoms with Crippen LogP contribution in [0.5, 0.6) is 0 Å². The van der Waals surface area contributed by atoms with E-state index in [1.54, 1.807) is 12.1 Å². The normalized spacial score (nSPS) is 9.73. The van der Waals surface area contributed by atoms with E-state index in [4.69, 9.17) is 0 Å². The van der Waals surface area contributed by atoms with Crippen molar-refractivity contribution in [3.05, 3.63) is 17.8 Å². The number of unbranched alkanes of at least 4 members (excludes halogenated alkanes) is 1. The van der Waals surface area contributed by atoms with Crippen LogP contribution in [-0.2, 0) is 4.74 Å². The molecule has 0 atom stereocenters. The van der Waals surface area contributed by atoms with E-state index < -0.39 is 5.97 Å². The average Bonchev–Trinajstić information content (AvgIpc) is 2.29. The van der Waals surface area contributed by atoms with Gasteiger partial charge in [0, 0.05) is 6.54 Å². The second-order valence-corrected chi connectivity index (χ2v) is 3.08. The third kappa shape index (κ3) is 3.53. The van der Waals surface area contributed by atoms with Crippen LogP contribution in [0.4, 0.5) is 5.82 Å². The Morgan fingerprint density at radius 3 is 2.80 bits per heavy atom. The van der Waals surface area contributed by atoms with Crippen molar-refractivity contribution in [1.82, 2.24) is 10.2 Å². The lowest BCUT2D eigenvalue weighted by Gasteiger charge is -2.03. The molecule has 0 fully saturated rings. The van der Waals surface area contributed by atoms with E-state index >= 15 is 0 Å². The van der Waals surface area contributed by atoms with Crippen LogP contribution < -0.4 is 5.32 Å². The molecule has 15 heavy (non-hydrogen) atoms. The van der Waals surface area contributed by atoms with Crippen LogP contribution in [0.3, 0.4) is 0 Å². The number of ether oxygens (including phenoxy) is 1. The molecule has 1 N–H and O–H groups in total. The molecule has 5 heteroatoms. The summed E-state index contributed by atoms with van der Waals surface area (Å²) in [6.45, 7) is 2.98. The maximum Gasteiger partial charge on any atom is 0.358 e. The standard InChI is InChI=1S/C10H15N3O2/c1-3-4-7-11-9-6-5-8(12-13-9)10(14)15-2/h5-6H,3-4,7H2,1-2H3,(H,11,13). The number of anilines is 1. The SMILES string of the molecule is CCCCNc1ccc(C(=O)OC)nn1. The molecule has 0 bridgehead atoms. The summed E-state index contributed by atoms with van der Waals surface area (Å²) in [5.74, 6) is 0.207. The van der Waals surface area contributed by atoms with E-state index in [9.17, 15) is 4.79 Å². The molecule has 0 unspecified atom stereocenters. The lowest BCUT2D eigenvalue weighted by atomic mass is 10.3. The quantitative estimate of drug-likeness (QED) is 0.587. The first kappa shape index (κ1) is 11.4. The number of carbonyl (C=O) groups excluding carboxylic acids is 1. The summed E-state index contributed by atoms with van der Waals surface area (Å²) in [5, 5.41) is 10.7. The zero-order chi connectivity index (χ0) is 11.1. The van der Waals surface area contributed by atoms with Gasteiger partial charge in [0.15, 0.2) is 5.69 Å². The fraction of sp³-hybridized carbons (Fsp3) is 0.500. The summed E-state index contributed by atoms with van der Waals surface area (Å²) in [5.41, 5.74) is 0.221. The zero-order valence-corrected chi connectivity index (χ0v) is 8.99. The van der Waals surface area contributed by atoms with Gasteiger partial charge in [0.05, 0.1) is 7.11 Å². The molecular formula is C10H15N3O2. The molecule has 5 nitrogen and oxygen atoms in total. The molecule has 0 aliphatic heterocycles. The third-order valence-corrected chi connectivity index (χ3v) is 1.90. The molecule has 0 aromatic carbocycles. The molecule has 0 saturated carbocycles. The van der Waals surface area contributed by atoms with E-state index in [2.05, 4.69) is 27.2 Å². The number of methoxy groups -OCH3 is 1. The van der Waals surface area contributed by atoms with Crippen molar-refractivity contribution in [2.45, 2.75) is 19.8 Å². The van der Waals surface area contributed by atoms with Crippen LogP contribution in [-0.4, -0.2) is 29.8 Å². The fourth-order valence-corrected chi connectivity index (χ4v) is 1.03. The third-order valence-electron chi connectivity index (χ3n) is 1.90. The van der Waals surface area contributed by atoms with E-state index in [-0.39, 0.29) is 5.69 Å². The minimum absolute atomic E-state index is 0.221. The second kappa shape index (κ2) is 5.95. The van der Waals surface area contributed by atoms with Crippen molar-refractivity contribution in [2.24, 2.45) is 0 Å². The van der Waals surface area contributed by atoms with Gasteiger partial charge in [0.25, 0.3) is 0 Å². The van der Waals surface area contributed by atoms with Gasteiger partial charge in [-0.1, -0.05) is 13.3 Å². The Morgan fingerprint density at radius 2 is 2.27 bits per heavy atom. The van der Waals surface area contributed by atoms with Gasteiger partial charge in [0.2, 0.25) is 0 Å². The highest BCUT2D eigenvalue weighted by molar-refractivity contribution is 5.86. The highest BCUT2D eigenvalue weighted by atomic mass is 16.5. The Bertz CT molecular complexity index is 311. The minimum Gasteiger partial charge on any atom is -0.464 e. The maximum atomic E-state index is 11.0. The largest absolute Gasteiger partial charge is 0.464 e. The molecule has 0 spiro atoms. The molecule has 1 aromatic rings. The Morgan fingerprint density at radius 1 is 1.47 bits per heavy atom. The Kier molecular flexibility index (Phi) is 4.53. The van der Waals surface area contributed by atoms with Gasteiger partial charge in [-0.3, -0.25) is 0 Å². The van der Waals surface area contributed by atoms with Gasteiger partial charge in [0.1, 0.15) is 5.82 Å². The van der Waals surface area contributed by atoms with E-state index in [0.29, 0.717) is 5.82 Å². The number of hydrogen-bond acceptors (Lipinski definition) is 5. The van der Waals surface area contributed by atoms with Crippen molar-refractivity contribution in [3.8, 4) is 0 Å². The van der Waals surface area contributed by atoms with Crippen molar-refractivity contribution >= 4 is 11.8 Å². The summed E-state index contributed by atoms with van der Waals surface area (Å²) < 4.78 is 4.51. The molecule has 1 aromatic heterocycles. The lowest BCUT2D eigenvalue weighted by molar-refractivity contribution is 0.0593. The highest BCUT2D eigenvalue weighted by Crippen LogP contribution is 2.03. The Hall–Kier alpha value is -1.65. The van der Waals surface area contributed by atoms with Gasteiger partial charge in [-0.2, -0.15) is 0 Å². The topological polar surface area (TPSA) is 64.1 Å². The number of rotatable bonds is 5. The summed E-state index contributed by atoms with van der Waals surface area (Å²) in [7, 11) is 1.32. The summed E-state index contributed by atoms with van der Waals surface area (Å²) >= 11 is 0. The first-order chi connectivity index (χ1) is 7.27. The zero-order valence-electron chi connectivity index (χ0n) is 8.99. The number of hydrogen-bond donors (Lipinski definition) is 1. The molecule has 82 valence electrons. The van der Waals surface area contributed by atoms with E-state index in [1.165, 1.54) is 7.11 Å². The van der Waals surface area contributed by atoms with Crippen molar-refractivity contribution in [2.75, 3.05) is 19.0 Å². The molecular weight excluding hydrogens is 194 g/mol. The van der Waals surface area contributed by atoms with Crippen LogP contribution in [0.25, 0.3) is 0 Å². The van der Waals surface area contributed by atoms with Crippen LogP contribution in [0, 0.1) is 0 Å². The van der Waals surface area contributed by atoms with Crippen LogP contribution in [0.2, 0.25) is 0 Å². The minimum atomic E-state index is -0.470. The van der Waals surface area contributed by atoms with Crippen LogP contribution in [0.1, 0.15) is 30.3 Å². The smallest absolute Gasteiger partial charge is 0.358 e. The molecule has 0 aliphatic rings. The average molecular weight is 209 g/mol. The number of nitrogens with one attached hydrogen (secondary N) is 1. The summed E-state index contributed by atoms with van der Waals surface area (Å²) in [4.78, 5) is 11.0. The van der Waals surface area contributed by atoms with E-state index in [1.807, 2.05) is 0 Å². The summed E-state index contributed by atoms with van der Waals surface area (Å²) in [6.07, 6.45) is 2.21. The molecule has 0 saturated heterocycles. The van der Waals surface area contributed by atoms with Crippen LogP contribution in [0.15, 0.2) is 12.1 Å². The van der Waals surface area contributed by atoms with Gasteiger partial charge in [-0.05, 0) is 18.6 Å². The second-order valence-electron chi connectivity index (χ2n) is 3.08. The van der Waals surface area contributed by atoms with Crippen molar-refractivity contribution in [1.29, 1.82) is 0 Å². The predicted molar refractivity (Wildman–Crippen MR) is 56.8 cm³/mol. The maximum absolute atomic E-state index is 11.0. The predicted octanol–water partition coefficient (Wildman–Crippen LogP) is 1.48. The summed E-state index contributed by atoms with van der Waals surface area (Å²) in [6, 6.07) is 3.31. The monoisotopic (exact) mass is 209 g/mol. The van der Waals surface area contributed by atoms with E-state index in [0.717, 1.165) is 19.4 Å². The molecule has 1 rings (SSSR count). The van der Waals surface area contributed by atoms with Crippen LogP contribution >= 0.6 is 0 Å². The number of carbonyl (C=O) groups is 1. The van der Waals surface area contributed by atoms with Gasteiger partial charge in [-0.25, -0.2) is 4.79 Å². The first-order valence-electron chi connectivity index (χ1n) is 4.94. The Labute approximate surface area is 88.9 Å². The van der Waals surface area contributed by atoms with Gasteiger partial charge >= 0.3 is 5.97 Å². The molecule has 1 heterocycles. The number of aromatic nitrogens is 2. The Balaban J connectivity index is 2.52. The first-order valence-corrected chi connectivity index (χ1v) is 4.94. The number of esters is 1.